The van der Waals surface area contributed by atoms with Gasteiger partial charge < -0.3 is 4.74 Å². The Labute approximate surface area is 164 Å². The zero-order chi connectivity index (χ0) is 19.9. The number of carbonyl (C=O) groups is 2. The molecule has 1 heterocycles. The Morgan fingerprint density at radius 2 is 2.07 bits per heavy atom. The zero-order valence-electron chi connectivity index (χ0n) is 16.5. The van der Waals surface area contributed by atoms with Gasteiger partial charge in [-0.2, -0.15) is 5.10 Å². The molecule has 1 amide bonds. The zero-order valence-corrected chi connectivity index (χ0v) is 16.5. The van der Waals surface area contributed by atoms with Gasteiger partial charge in [-0.3, -0.25) is 9.78 Å². The predicted molar refractivity (Wildman–Crippen MR) is 107 cm³/mol. The first-order chi connectivity index (χ1) is 13.3. The molecule has 2 unspecified atom stereocenters. The maximum atomic E-state index is 12.4. The average molecular weight is 379 g/mol. The lowest BCUT2D eigenvalue weighted by Gasteiger charge is -2.34. The molecule has 0 radical (unpaired) electrons. The third kappa shape index (κ3) is 2.87. The highest BCUT2D eigenvalue weighted by Gasteiger charge is 2.60. The highest BCUT2D eigenvalue weighted by molar-refractivity contribution is 6.04. The van der Waals surface area contributed by atoms with Crippen LogP contribution in [0.4, 0.5) is 0 Å². The number of hydrogen-bond donors (Lipinski definition) is 1. The molecule has 2 aliphatic carbocycles. The molecular weight excluding hydrogens is 354 g/mol. The Morgan fingerprint density at radius 3 is 2.79 bits per heavy atom. The van der Waals surface area contributed by atoms with Gasteiger partial charge in [-0.15, -0.1) is 0 Å². The van der Waals surface area contributed by atoms with Crippen LogP contribution >= 0.6 is 0 Å². The second-order valence-corrected chi connectivity index (χ2v) is 8.54. The van der Waals surface area contributed by atoms with Gasteiger partial charge >= 0.3 is 5.97 Å². The van der Waals surface area contributed by atoms with Crippen LogP contribution in [-0.4, -0.2) is 29.2 Å². The van der Waals surface area contributed by atoms with Crippen molar-refractivity contribution in [2.75, 3.05) is 6.61 Å². The van der Waals surface area contributed by atoms with Gasteiger partial charge in [0.25, 0.3) is 5.91 Å². The first kappa shape index (κ1) is 18.6. The number of amides is 1. The van der Waals surface area contributed by atoms with E-state index >= 15 is 0 Å². The summed E-state index contributed by atoms with van der Waals surface area (Å²) in [7, 11) is 0. The lowest BCUT2D eigenvalue weighted by Crippen LogP contribution is -2.34. The number of esters is 1. The smallest absolute Gasteiger partial charge is 0.339 e. The summed E-state index contributed by atoms with van der Waals surface area (Å²) in [6.07, 6.45) is 4.91. The van der Waals surface area contributed by atoms with Gasteiger partial charge in [0.1, 0.15) is 0 Å². The third-order valence-corrected chi connectivity index (χ3v) is 7.03. The predicted octanol–water partition coefficient (Wildman–Crippen LogP) is 3.71. The molecule has 2 atom stereocenters. The van der Waals surface area contributed by atoms with Crippen LogP contribution in [0.2, 0.25) is 0 Å². The van der Waals surface area contributed by atoms with Crippen LogP contribution < -0.4 is 5.43 Å². The van der Waals surface area contributed by atoms with Crippen LogP contribution in [0.5, 0.6) is 0 Å². The number of pyridine rings is 1. The van der Waals surface area contributed by atoms with Crippen LogP contribution in [0.1, 0.15) is 50.4 Å². The molecule has 146 valence electrons. The number of rotatable bonds is 4. The Hall–Kier alpha value is -2.76. The lowest BCUT2D eigenvalue weighted by molar-refractivity contribution is -0.124. The maximum absolute atomic E-state index is 12.4. The van der Waals surface area contributed by atoms with Crippen molar-refractivity contribution in [1.82, 2.24) is 10.4 Å². The summed E-state index contributed by atoms with van der Waals surface area (Å²) in [4.78, 5) is 28.8. The summed E-state index contributed by atoms with van der Waals surface area (Å²) in [6.45, 7) is 6.45. The highest BCUT2D eigenvalue weighted by atomic mass is 16.5. The fourth-order valence-electron chi connectivity index (χ4n) is 4.75. The number of fused-ring (bicyclic) bond motifs is 3. The second kappa shape index (κ2) is 6.69. The Balaban J connectivity index is 1.38. The van der Waals surface area contributed by atoms with Crippen LogP contribution in [-0.2, 0) is 9.53 Å². The van der Waals surface area contributed by atoms with Crippen LogP contribution in [0.25, 0.3) is 10.9 Å². The van der Waals surface area contributed by atoms with E-state index in [0.29, 0.717) is 22.4 Å². The summed E-state index contributed by atoms with van der Waals surface area (Å²) >= 11 is 0. The van der Waals surface area contributed by atoms with Crippen molar-refractivity contribution in [3.8, 4) is 0 Å². The quantitative estimate of drug-likeness (QED) is 0.649. The minimum absolute atomic E-state index is 0.0254. The molecule has 28 heavy (non-hydrogen) atoms. The van der Waals surface area contributed by atoms with Crippen LogP contribution in [0, 0.1) is 16.7 Å². The van der Waals surface area contributed by atoms with Gasteiger partial charge in [-0.1, -0.05) is 32.9 Å². The fraction of sp³-hybridized carbons (Fsp3) is 0.455. The summed E-state index contributed by atoms with van der Waals surface area (Å²) in [5.74, 6) is -0.358. The normalized spacial score (nSPS) is 26.5. The second-order valence-electron chi connectivity index (χ2n) is 8.54. The van der Waals surface area contributed by atoms with E-state index in [1.807, 2.05) is 12.1 Å². The minimum atomic E-state index is -0.547. The average Bonchev–Trinajstić information content (AvgIpc) is 3.03. The van der Waals surface area contributed by atoms with Gasteiger partial charge in [-0.05, 0) is 48.8 Å². The molecule has 6 nitrogen and oxygen atoms in total. The number of nitrogens with one attached hydrogen (secondary N) is 1. The standard InChI is InChI=1S/C22H25N3O3/c1-21(2)14-9-10-22(21,3)18(12-14)24-25-19(26)13-28-20(27)16-6-4-8-17-15(16)7-5-11-23-17/h4-8,11,14H,9-10,12-13H2,1-3H3,(H,25,26)/b24-18-. The summed E-state index contributed by atoms with van der Waals surface area (Å²) in [5.41, 5.74) is 4.95. The van der Waals surface area contributed by atoms with Gasteiger partial charge in [0.2, 0.25) is 0 Å². The topological polar surface area (TPSA) is 80.6 Å². The third-order valence-electron chi connectivity index (χ3n) is 7.03. The van der Waals surface area contributed by atoms with E-state index < -0.39 is 11.9 Å². The first-order valence-electron chi connectivity index (χ1n) is 9.70. The molecule has 0 spiro atoms. The van der Waals surface area contributed by atoms with Crippen LogP contribution in [0.15, 0.2) is 41.6 Å². The Kier molecular flexibility index (Phi) is 4.44. The molecule has 2 bridgehead atoms. The number of nitrogens with zero attached hydrogens (tertiary/aromatic N) is 2. The van der Waals surface area contributed by atoms with Gasteiger partial charge in [0.15, 0.2) is 6.61 Å². The van der Waals surface area contributed by atoms with Crippen molar-refractivity contribution in [2.24, 2.45) is 21.8 Å². The van der Waals surface area contributed by atoms with Crippen molar-refractivity contribution >= 4 is 28.5 Å². The van der Waals surface area contributed by atoms with E-state index in [1.165, 1.54) is 6.42 Å². The summed E-state index contributed by atoms with van der Waals surface area (Å²) in [5, 5.41) is 5.09. The monoisotopic (exact) mass is 379 g/mol. The van der Waals surface area contributed by atoms with E-state index in [2.05, 4.69) is 36.3 Å². The number of ether oxygens (including phenoxy) is 1. The van der Waals surface area contributed by atoms with E-state index in [9.17, 15) is 9.59 Å². The van der Waals surface area contributed by atoms with Gasteiger partial charge in [0.05, 0.1) is 11.1 Å². The number of benzene rings is 1. The largest absolute Gasteiger partial charge is 0.452 e. The molecule has 6 heteroatoms. The number of carbonyl (C=O) groups excluding carboxylic acids is 2. The highest BCUT2D eigenvalue weighted by Crippen LogP contribution is 2.63. The molecule has 2 fully saturated rings. The lowest BCUT2D eigenvalue weighted by atomic mass is 9.70. The molecule has 2 aromatic rings. The molecular formula is C22H25N3O3. The SMILES string of the molecule is CC12CCC(C/C1=N/NC(=O)COC(=O)c1cccc3ncccc13)C2(C)C. The van der Waals surface area contributed by atoms with Crippen molar-refractivity contribution in [3.63, 3.8) is 0 Å². The molecule has 0 aliphatic heterocycles. The number of aromatic nitrogens is 1. The summed E-state index contributed by atoms with van der Waals surface area (Å²) in [6, 6.07) is 8.81. The maximum Gasteiger partial charge on any atom is 0.339 e. The van der Waals surface area contributed by atoms with E-state index in [1.54, 1.807) is 24.4 Å². The van der Waals surface area contributed by atoms with Gasteiger partial charge in [-0.25, -0.2) is 10.2 Å². The number of hydrogen-bond acceptors (Lipinski definition) is 5. The first-order valence-corrected chi connectivity index (χ1v) is 9.70. The van der Waals surface area contributed by atoms with Crippen molar-refractivity contribution < 1.29 is 14.3 Å². The number of hydrazone groups is 1. The molecule has 1 aromatic heterocycles. The Morgan fingerprint density at radius 1 is 1.25 bits per heavy atom. The van der Waals surface area contributed by atoms with Crippen molar-refractivity contribution in [3.05, 3.63) is 42.1 Å². The van der Waals surface area contributed by atoms with E-state index in [0.717, 1.165) is 18.6 Å². The molecule has 0 saturated heterocycles. The molecule has 2 saturated carbocycles. The molecule has 1 N–H and O–H groups in total. The van der Waals surface area contributed by atoms with E-state index in [-0.39, 0.29) is 17.4 Å². The molecule has 2 aliphatic rings. The van der Waals surface area contributed by atoms with Crippen LogP contribution in [0.3, 0.4) is 0 Å². The summed E-state index contributed by atoms with van der Waals surface area (Å²) < 4.78 is 5.19. The molecule has 1 aromatic carbocycles. The minimum Gasteiger partial charge on any atom is -0.452 e. The van der Waals surface area contributed by atoms with Crippen molar-refractivity contribution in [2.45, 2.75) is 40.0 Å². The van der Waals surface area contributed by atoms with Gasteiger partial charge in [0, 0.05) is 22.7 Å². The molecule has 4 rings (SSSR count). The fourth-order valence-corrected chi connectivity index (χ4v) is 4.75. The van der Waals surface area contributed by atoms with Crippen molar-refractivity contribution in [1.29, 1.82) is 0 Å². The Bertz CT molecular complexity index is 977. The van der Waals surface area contributed by atoms with E-state index in [4.69, 9.17) is 4.74 Å².